The van der Waals surface area contributed by atoms with E-state index in [0.717, 1.165) is 0 Å². The van der Waals surface area contributed by atoms with Crippen LogP contribution in [0.2, 0.25) is 0 Å². The van der Waals surface area contributed by atoms with E-state index in [0.29, 0.717) is 0 Å². The van der Waals surface area contributed by atoms with Gasteiger partial charge in [0.05, 0.1) is 0 Å². The molecular formula is EuO4S. The van der Waals surface area contributed by atoms with Gasteiger partial charge < -0.3 is 9.11 Å². The third-order valence-electron chi connectivity index (χ3n) is 0. The summed E-state index contributed by atoms with van der Waals surface area (Å²) in [5, 5.41) is 0. The van der Waals surface area contributed by atoms with Crippen molar-refractivity contribution in [3.05, 3.63) is 0 Å². The fourth-order valence-electron chi connectivity index (χ4n) is 0. The molecule has 0 unspecified atom stereocenters. The number of rotatable bonds is 0. The van der Waals surface area contributed by atoms with Crippen molar-refractivity contribution in [3.63, 3.8) is 0 Å². The second-order valence-corrected chi connectivity index (χ2v) is 1.22. The minimum absolute atomic E-state index is 0. The van der Waals surface area contributed by atoms with Crippen LogP contribution in [0.15, 0.2) is 0 Å². The van der Waals surface area contributed by atoms with Crippen molar-refractivity contribution >= 4 is 10.4 Å². The molecule has 0 N–H and O–H groups in total. The Balaban J connectivity index is 0. The van der Waals surface area contributed by atoms with E-state index in [4.69, 9.17) is 17.5 Å². The molecule has 0 saturated heterocycles. The van der Waals surface area contributed by atoms with Crippen molar-refractivity contribution in [1.29, 1.82) is 0 Å². The second-order valence-electron chi connectivity index (χ2n) is 0.408. The van der Waals surface area contributed by atoms with Gasteiger partial charge in [-0.2, -0.15) is 0 Å². The zero-order valence-electron chi connectivity index (χ0n) is 2.42. The summed E-state index contributed by atoms with van der Waals surface area (Å²) in [4.78, 5) is 0. The van der Waals surface area contributed by atoms with Gasteiger partial charge in [-0.15, -0.1) is 0 Å². The van der Waals surface area contributed by atoms with E-state index in [1.807, 2.05) is 0 Å². The maximum Gasteiger partial charge on any atom is 2.00 e. The summed E-state index contributed by atoms with van der Waals surface area (Å²) in [6.07, 6.45) is 0. The van der Waals surface area contributed by atoms with Crippen LogP contribution in [0.3, 0.4) is 0 Å². The fourth-order valence-corrected chi connectivity index (χ4v) is 0. The maximum absolute atomic E-state index is 8.52. The van der Waals surface area contributed by atoms with Crippen LogP contribution in [0.25, 0.3) is 0 Å². The molecule has 0 aliphatic rings. The molecule has 0 bridgehead atoms. The molecule has 0 amide bonds. The first kappa shape index (κ1) is 10.4. The zero-order chi connectivity index (χ0) is 4.50. The molecule has 0 spiro atoms. The van der Waals surface area contributed by atoms with E-state index < -0.39 is 10.4 Å². The van der Waals surface area contributed by atoms with Crippen molar-refractivity contribution in [1.82, 2.24) is 0 Å². The summed E-state index contributed by atoms with van der Waals surface area (Å²) in [5.74, 6) is 0. The Morgan fingerprint density at radius 3 is 1.17 bits per heavy atom. The van der Waals surface area contributed by atoms with Gasteiger partial charge in [0.25, 0.3) is 0 Å². The number of hydrogen-bond donors (Lipinski definition) is 0. The molecule has 0 aliphatic carbocycles. The van der Waals surface area contributed by atoms with Crippen LogP contribution in [0.4, 0.5) is 0 Å². The quantitative estimate of drug-likeness (QED) is 0.392. The predicted octanol–water partition coefficient (Wildman–Crippen LogP) is -1.34. The normalized spacial score (nSPS) is 9.67. The molecule has 37 valence electrons. The summed E-state index contributed by atoms with van der Waals surface area (Å²) in [6.45, 7) is 0. The first-order chi connectivity index (χ1) is 2.00. The molecule has 0 aliphatic heterocycles. The molecule has 6 heavy (non-hydrogen) atoms. The molecule has 0 rings (SSSR count). The predicted molar refractivity (Wildman–Crippen MR) is 10.5 cm³/mol. The molecule has 0 atom stereocenters. The summed E-state index contributed by atoms with van der Waals surface area (Å²) in [6, 6.07) is 0. The van der Waals surface area contributed by atoms with Crippen molar-refractivity contribution in [2.75, 3.05) is 0 Å². The molecule has 0 aromatic heterocycles. The summed E-state index contributed by atoms with van der Waals surface area (Å²) in [5.41, 5.74) is 0. The summed E-state index contributed by atoms with van der Waals surface area (Å²) in [7, 11) is -5.17. The molecular weight excluding hydrogens is 248 g/mol. The Morgan fingerprint density at radius 2 is 1.17 bits per heavy atom. The Kier molecular flexibility index (Phi) is 6.01. The van der Waals surface area contributed by atoms with E-state index in [2.05, 4.69) is 0 Å². The van der Waals surface area contributed by atoms with Gasteiger partial charge in [-0.3, -0.25) is 8.42 Å². The SMILES string of the molecule is O=S(=O)([O-])[O-].[Eu+2]. The van der Waals surface area contributed by atoms with Crippen LogP contribution in [0.5, 0.6) is 0 Å². The first-order valence-electron chi connectivity index (χ1n) is 0.667. The maximum atomic E-state index is 8.52. The third kappa shape index (κ3) is 51.2. The van der Waals surface area contributed by atoms with Gasteiger partial charge in [-0.1, -0.05) is 0 Å². The Hall–Kier alpha value is 1.45. The first-order valence-corrected chi connectivity index (χ1v) is 2.00. The van der Waals surface area contributed by atoms with Crippen LogP contribution >= 0.6 is 0 Å². The van der Waals surface area contributed by atoms with Crippen LogP contribution in [-0.2, 0) is 10.4 Å². The summed E-state index contributed by atoms with van der Waals surface area (Å²) < 4.78 is 34.1. The molecule has 0 saturated carbocycles. The van der Waals surface area contributed by atoms with E-state index >= 15 is 0 Å². The van der Waals surface area contributed by atoms with Crippen LogP contribution in [0, 0.1) is 49.4 Å². The monoisotopic (exact) mass is 249 g/mol. The van der Waals surface area contributed by atoms with Gasteiger partial charge in [0.2, 0.25) is 0 Å². The average Bonchev–Trinajstić information content (AvgIpc) is 0.722. The van der Waals surface area contributed by atoms with Gasteiger partial charge in [0.1, 0.15) is 0 Å². The Morgan fingerprint density at radius 1 is 1.17 bits per heavy atom. The molecule has 0 aromatic carbocycles. The van der Waals surface area contributed by atoms with E-state index in [1.165, 1.54) is 0 Å². The molecule has 1 radical (unpaired) electrons. The van der Waals surface area contributed by atoms with E-state index in [-0.39, 0.29) is 49.4 Å². The van der Waals surface area contributed by atoms with Gasteiger partial charge in [-0.25, -0.2) is 0 Å². The second kappa shape index (κ2) is 3.46. The number of hydrogen-bond acceptors (Lipinski definition) is 4. The standard InChI is InChI=1S/Eu.H2O4S/c;1-5(2,3)4/h;(H2,1,2,3,4)/q+2;/p-2. The van der Waals surface area contributed by atoms with Crippen LogP contribution in [-0.4, -0.2) is 17.5 Å². The van der Waals surface area contributed by atoms with Crippen molar-refractivity contribution < 1.29 is 66.9 Å². The van der Waals surface area contributed by atoms with Crippen molar-refractivity contribution in [2.45, 2.75) is 0 Å². The average molecular weight is 248 g/mol. The Bertz CT molecular complexity index is 90.7. The molecule has 0 fully saturated rings. The minimum Gasteiger partial charge on any atom is -0.759 e. The van der Waals surface area contributed by atoms with E-state index in [9.17, 15) is 0 Å². The fraction of sp³-hybridized carbons (Fsp3) is 0. The topological polar surface area (TPSA) is 80.3 Å². The van der Waals surface area contributed by atoms with E-state index in [1.54, 1.807) is 0 Å². The minimum atomic E-state index is -5.17. The smallest absolute Gasteiger partial charge is 0.759 e. The van der Waals surface area contributed by atoms with Crippen LogP contribution < -0.4 is 0 Å². The largest absolute Gasteiger partial charge is 2.00 e. The molecule has 4 nitrogen and oxygen atoms in total. The molecule has 0 aromatic rings. The van der Waals surface area contributed by atoms with Gasteiger partial charge in [-0.05, 0) is 0 Å². The van der Waals surface area contributed by atoms with Gasteiger partial charge in [0, 0.05) is 10.4 Å². The zero-order valence-corrected chi connectivity index (χ0v) is 5.66. The van der Waals surface area contributed by atoms with Crippen molar-refractivity contribution in [3.8, 4) is 0 Å². The third-order valence-corrected chi connectivity index (χ3v) is 0. The van der Waals surface area contributed by atoms with Crippen LogP contribution in [0.1, 0.15) is 0 Å². The summed E-state index contributed by atoms with van der Waals surface area (Å²) >= 11 is 0. The molecule has 6 heteroatoms. The van der Waals surface area contributed by atoms with Crippen molar-refractivity contribution in [2.24, 2.45) is 0 Å². The van der Waals surface area contributed by atoms with Gasteiger partial charge in [0.15, 0.2) is 0 Å². The van der Waals surface area contributed by atoms with Gasteiger partial charge >= 0.3 is 49.4 Å². The Labute approximate surface area is 76.0 Å². The molecule has 0 heterocycles.